The van der Waals surface area contributed by atoms with E-state index in [2.05, 4.69) is 29.7 Å². The van der Waals surface area contributed by atoms with E-state index in [1.54, 1.807) is 0 Å². The Morgan fingerprint density at radius 2 is 2.06 bits per heavy atom. The molecule has 18 heavy (non-hydrogen) atoms. The fourth-order valence-electron chi connectivity index (χ4n) is 2.35. The van der Waals surface area contributed by atoms with Crippen LogP contribution in [0.4, 0.5) is 0 Å². The highest BCUT2D eigenvalue weighted by molar-refractivity contribution is 7.80. The van der Waals surface area contributed by atoms with E-state index in [-0.39, 0.29) is 0 Å². The number of fused-ring (bicyclic) bond motifs is 1. The Labute approximate surface area is 112 Å². The van der Waals surface area contributed by atoms with Crippen molar-refractivity contribution in [3.63, 3.8) is 0 Å². The molecule has 1 fully saturated rings. The van der Waals surface area contributed by atoms with Crippen molar-refractivity contribution in [3.8, 4) is 11.5 Å². The van der Waals surface area contributed by atoms with Crippen LogP contribution in [-0.4, -0.2) is 30.9 Å². The van der Waals surface area contributed by atoms with Crippen LogP contribution in [0.25, 0.3) is 0 Å². The van der Waals surface area contributed by atoms with E-state index in [0.717, 1.165) is 23.2 Å². The maximum absolute atomic E-state index is 5.61. The first kappa shape index (κ1) is 11.6. The lowest BCUT2D eigenvalue weighted by Gasteiger charge is -2.23. The molecule has 3 rings (SSSR count). The van der Waals surface area contributed by atoms with Gasteiger partial charge in [0.25, 0.3) is 0 Å². The first-order valence-corrected chi connectivity index (χ1v) is 6.59. The highest BCUT2D eigenvalue weighted by Crippen LogP contribution is 2.34. The molecule has 2 aliphatic rings. The first-order chi connectivity index (χ1) is 8.74. The summed E-state index contributed by atoms with van der Waals surface area (Å²) in [4.78, 5) is 0. The smallest absolute Gasteiger partial charge is 0.166 e. The van der Waals surface area contributed by atoms with Gasteiger partial charge in [-0.05, 0) is 29.9 Å². The second-order valence-corrected chi connectivity index (χ2v) is 5.06. The summed E-state index contributed by atoms with van der Waals surface area (Å²) in [5.41, 5.74) is 1.24. The van der Waals surface area contributed by atoms with Crippen molar-refractivity contribution in [1.82, 2.24) is 10.6 Å². The zero-order valence-corrected chi connectivity index (χ0v) is 11.0. The summed E-state index contributed by atoms with van der Waals surface area (Å²) in [6.07, 6.45) is 0. The molecule has 0 aromatic heterocycles. The van der Waals surface area contributed by atoms with Gasteiger partial charge in [0.2, 0.25) is 0 Å². The number of hydrogen-bond donors (Lipinski definition) is 2. The normalized spacial score (nSPS) is 23.2. The quantitative estimate of drug-likeness (QED) is 0.791. The second kappa shape index (κ2) is 4.65. The van der Waals surface area contributed by atoms with Gasteiger partial charge in [0, 0.05) is 12.5 Å². The Morgan fingerprint density at radius 1 is 1.28 bits per heavy atom. The molecule has 1 saturated heterocycles. The molecule has 1 aromatic rings. The van der Waals surface area contributed by atoms with Gasteiger partial charge in [-0.15, -0.1) is 0 Å². The fraction of sp³-hybridized carbons (Fsp3) is 0.462. The average molecular weight is 264 g/mol. The maximum atomic E-state index is 5.61. The number of hydrogen-bond acceptors (Lipinski definition) is 3. The van der Waals surface area contributed by atoms with Gasteiger partial charge < -0.3 is 20.1 Å². The molecule has 96 valence electrons. The fourth-order valence-corrected chi connectivity index (χ4v) is 2.59. The van der Waals surface area contributed by atoms with E-state index in [1.165, 1.54) is 5.56 Å². The lowest BCUT2D eigenvalue weighted by Crippen LogP contribution is -2.31. The lowest BCUT2D eigenvalue weighted by molar-refractivity contribution is 0.171. The van der Waals surface area contributed by atoms with Gasteiger partial charge in [0.15, 0.2) is 16.6 Å². The highest BCUT2D eigenvalue weighted by Gasteiger charge is 2.25. The molecule has 2 heterocycles. The third kappa shape index (κ3) is 2.10. The first-order valence-electron chi connectivity index (χ1n) is 6.18. The maximum Gasteiger partial charge on any atom is 0.166 e. The molecule has 5 heteroatoms. The SMILES string of the molecule is CC(c1ccc2c(c1)OCCO2)C1CNC(=S)N1. The Hall–Kier alpha value is -1.49. The Kier molecular flexibility index (Phi) is 2.99. The topological polar surface area (TPSA) is 42.5 Å². The van der Waals surface area contributed by atoms with Crippen LogP contribution >= 0.6 is 12.2 Å². The third-order valence-corrected chi connectivity index (χ3v) is 3.76. The number of rotatable bonds is 2. The summed E-state index contributed by atoms with van der Waals surface area (Å²) < 4.78 is 11.1. The van der Waals surface area contributed by atoms with Crippen molar-refractivity contribution in [3.05, 3.63) is 23.8 Å². The van der Waals surface area contributed by atoms with Gasteiger partial charge in [0.1, 0.15) is 13.2 Å². The van der Waals surface area contributed by atoms with Crippen molar-refractivity contribution >= 4 is 17.3 Å². The Morgan fingerprint density at radius 3 is 2.78 bits per heavy atom. The monoisotopic (exact) mass is 264 g/mol. The molecule has 0 spiro atoms. The van der Waals surface area contributed by atoms with Gasteiger partial charge in [-0.2, -0.15) is 0 Å². The van der Waals surface area contributed by atoms with Gasteiger partial charge in [-0.25, -0.2) is 0 Å². The second-order valence-electron chi connectivity index (χ2n) is 4.65. The molecule has 0 aliphatic carbocycles. The van der Waals surface area contributed by atoms with Crippen molar-refractivity contribution in [2.75, 3.05) is 19.8 Å². The van der Waals surface area contributed by atoms with Crippen molar-refractivity contribution in [2.24, 2.45) is 0 Å². The zero-order valence-electron chi connectivity index (χ0n) is 10.2. The minimum atomic E-state index is 0.333. The van der Waals surface area contributed by atoms with E-state index in [4.69, 9.17) is 21.7 Å². The minimum absolute atomic E-state index is 0.333. The minimum Gasteiger partial charge on any atom is -0.486 e. The highest BCUT2D eigenvalue weighted by atomic mass is 32.1. The van der Waals surface area contributed by atoms with E-state index in [9.17, 15) is 0 Å². The molecule has 0 amide bonds. The van der Waals surface area contributed by atoms with Crippen molar-refractivity contribution in [2.45, 2.75) is 18.9 Å². The van der Waals surface area contributed by atoms with Gasteiger partial charge >= 0.3 is 0 Å². The van der Waals surface area contributed by atoms with Crippen LogP contribution in [0.5, 0.6) is 11.5 Å². The predicted molar refractivity (Wildman–Crippen MR) is 73.4 cm³/mol. The molecular formula is C13H16N2O2S. The Bertz CT molecular complexity index is 478. The van der Waals surface area contributed by atoms with Crippen LogP contribution in [0.3, 0.4) is 0 Å². The zero-order chi connectivity index (χ0) is 12.5. The van der Waals surface area contributed by atoms with Crippen LogP contribution in [0.15, 0.2) is 18.2 Å². The molecule has 2 unspecified atom stereocenters. The predicted octanol–water partition coefficient (Wildman–Crippen LogP) is 1.41. The molecule has 0 saturated carbocycles. The molecule has 4 nitrogen and oxygen atoms in total. The van der Waals surface area contributed by atoms with E-state index >= 15 is 0 Å². The van der Waals surface area contributed by atoms with Crippen LogP contribution in [0.2, 0.25) is 0 Å². The number of thiocarbonyl (C=S) groups is 1. The third-order valence-electron chi connectivity index (χ3n) is 3.49. The van der Waals surface area contributed by atoms with E-state index in [1.807, 2.05) is 6.07 Å². The molecule has 2 aliphatic heterocycles. The van der Waals surface area contributed by atoms with Gasteiger partial charge in [-0.3, -0.25) is 0 Å². The summed E-state index contributed by atoms with van der Waals surface area (Å²) in [6, 6.07) is 6.49. The molecule has 1 aromatic carbocycles. The average Bonchev–Trinajstić information content (AvgIpc) is 2.84. The number of nitrogens with one attached hydrogen (secondary N) is 2. The summed E-state index contributed by atoms with van der Waals surface area (Å²) in [5, 5.41) is 7.17. The summed E-state index contributed by atoms with van der Waals surface area (Å²) >= 11 is 5.10. The molecule has 0 bridgehead atoms. The Balaban J connectivity index is 1.81. The molecular weight excluding hydrogens is 248 g/mol. The largest absolute Gasteiger partial charge is 0.486 e. The van der Waals surface area contributed by atoms with Crippen LogP contribution in [-0.2, 0) is 0 Å². The lowest BCUT2D eigenvalue weighted by atomic mass is 9.93. The van der Waals surface area contributed by atoms with Gasteiger partial charge in [0.05, 0.1) is 6.04 Å². The van der Waals surface area contributed by atoms with Gasteiger partial charge in [-0.1, -0.05) is 13.0 Å². The van der Waals surface area contributed by atoms with E-state index in [0.29, 0.717) is 25.2 Å². The number of benzene rings is 1. The molecule has 0 radical (unpaired) electrons. The summed E-state index contributed by atoms with van der Waals surface area (Å²) in [7, 11) is 0. The summed E-state index contributed by atoms with van der Waals surface area (Å²) in [5.74, 6) is 2.05. The summed E-state index contributed by atoms with van der Waals surface area (Å²) in [6.45, 7) is 4.32. The van der Waals surface area contributed by atoms with Crippen LogP contribution in [0.1, 0.15) is 18.4 Å². The van der Waals surface area contributed by atoms with Crippen molar-refractivity contribution in [1.29, 1.82) is 0 Å². The standard InChI is InChI=1S/C13H16N2O2S/c1-8(10-7-14-13(18)15-10)9-2-3-11-12(6-9)17-5-4-16-11/h2-3,6,8,10H,4-5,7H2,1H3,(H2,14,15,18). The van der Waals surface area contributed by atoms with Crippen LogP contribution < -0.4 is 20.1 Å². The van der Waals surface area contributed by atoms with Crippen molar-refractivity contribution < 1.29 is 9.47 Å². The van der Waals surface area contributed by atoms with Crippen LogP contribution in [0, 0.1) is 0 Å². The van der Waals surface area contributed by atoms with E-state index < -0.39 is 0 Å². The molecule has 2 N–H and O–H groups in total. The molecule has 2 atom stereocenters. The number of ether oxygens (including phenoxy) is 2.